The van der Waals surface area contributed by atoms with Gasteiger partial charge >= 0.3 is 0 Å². The second-order valence-electron chi connectivity index (χ2n) is 5.31. The number of morpholine rings is 1. The van der Waals surface area contributed by atoms with Gasteiger partial charge in [0, 0.05) is 18.8 Å². The Labute approximate surface area is 135 Å². The predicted molar refractivity (Wildman–Crippen MR) is 88.6 cm³/mol. The Hall–Kier alpha value is -1.97. The molecule has 1 N–H and O–H groups in total. The van der Waals surface area contributed by atoms with Gasteiger partial charge in [-0.15, -0.1) is 0 Å². The molecule has 6 heteroatoms. The van der Waals surface area contributed by atoms with Crippen LogP contribution in [-0.2, 0) is 9.53 Å². The number of carbonyl (C=O) groups excluding carboxylic acids is 1. The molecule has 5 nitrogen and oxygen atoms in total. The Bertz CT molecular complexity index is 618. The molecule has 0 aliphatic carbocycles. The normalized spacial score (nSPS) is 15.8. The summed E-state index contributed by atoms with van der Waals surface area (Å²) in [6.45, 7) is 5.98. The highest BCUT2D eigenvalue weighted by atomic mass is 32.1. The van der Waals surface area contributed by atoms with Crippen molar-refractivity contribution < 1.29 is 9.53 Å². The summed E-state index contributed by atoms with van der Waals surface area (Å²) in [5.74, 6) is -1.22. The van der Waals surface area contributed by atoms with E-state index in [9.17, 15) is 10.1 Å². The van der Waals surface area contributed by atoms with Crippen molar-refractivity contribution in [1.29, 1.82) is 5.26 Å². The Morgan fingerprint density at radius 3 is 2.68 bits per heavy atom. The maximum absolute atomic E-state index is 12.4. The van der Waals surface area contributed by atoms with E-state index in [1.54, 1.807) is 4.90 Å². The number of rotatable bonds is 3. The molecule has 1 aliphatic heterocycles. The molecule has 0 spiro atoms. The molecule has 1 aromatic rings. The van der Waals surface area contributed by atoms with Crippen LogP contribution in [0.15, 0.2) is 18.2 Å². The summed E-state index contributed by atoms with van der Waals surface area (Å²) in [7, 11) is 0. The Morgan fingerprint density at radius 2 is 2.09 bits per heavy atom. The highest BCUT2D eigenvalue weighted by Crippen LogP contribution is 2.18. The van der Waals surface area contributed by atoms with Crippen LogP contribution in [0.2, 0.25) is 0 Å². The van der Waals surface area contributed by atoms with Gasteiger partial charge in [-0.25, -0.2) is 0 Å². The molecule has 0 radical (unpaired) electrons. The Balaban J connectivity index is 2.08. The lowest BCUT2D eigenvalue weighted by atomic mass is 10.1. The number of hydrogen-bond donors (Lipinski definition) is 1. The van der Waals surface area contributed by atoms with E-state index in [1.807, 2.05) is 38.1 Å². The fourth-order valence-corrected chi connectivity index (χ4v) is 2.61. The van der Waals surface area contributed by atoms with E-state index in [-0.39, 0.29) is 10.9 Å². The van der Waals surface area contributed by atoms with Gasteiger partial charge in [-0.3, -0.25) is 4.79 Å². The van der Waals surface area contributed by atoms with Gasteiger partial charge in [0.2, 0.25) is 5.91 Å². The maximum atomic E-state index is 12.4. The molecule has 116 valence electrons. The average molecular weight is 317 g/mol. The van der Waals surface area contributed by atoms with Crippen LogP contribution in [0, 0.1) is 31.1 Å². The second-order valence-corrected chi connectivity index (χ2v) is 5.75. The second kappa shape index (κ2) is 7.34. The van der Waals surface area contributed by atoms with E-state index < -0.39 is 5.92 Å². The highest BCUT2D eigenvalue weighted by molar-refractivity contribution is 7.80. The molecule has 22 heavy (non-hydrogen) atoms. The van der Waals surface area contributed by atoms with Crippen LogP contribution >= 0.6 is 12.2 Å². The average Bonchev–Trinajstić information content (AvgIpc) is 2.51. The van der Waals surface area contributed by atoms with Crippen LogP contribution in [-0.4, -0.2) is 42.1 Å². The van der Waals surface area contributed by atoms with E-state index in [0.717, 1.165) is 16.8 Å². The highest BCUT2D eigenvalue weighted by Gasteiger charge is 2.29. The van der Waals surface area contributed by atoms with Crippen molar-refractivity contribution in [3.8, 4) is 6.07 Å². The standard InChI is InChI=1S/C16H19N3O2S/c1-11-3-4-14(12(2)9-11)18-15(22)13(10-17)16(20)19-5-7-21-8-6-19/h3-4,9,13H,5-8H2,1-2H3,(H,18,22). The van der Waals surface area contributed by atoms with E-state index >= 15 is 0 Å². The van der Waals surface area contributed by atoms with Crippen molar-refractivity contribution in [1.82, 2.24) is 4.90 Å². The first-order valence-electron chi connectivity index (χ1n) is 7.17. The van der Waals surface area contributed by atoms with E-state index in [4.69, 9.17) is 17.0 Å². The molecule has 0 bridgehead atoms. The summed E-state index contributed by atoms with van der Waals surface area (Å²) in [6.07, 6.45) is 0. The number of aryl methyl sites for hydroxylation is 2. The predicted octanol–water partition coefficient (Wildman–Crippen LogP) is 2.04. The minimum absolute atomic E-state index is 0.242. The molecule has 1 saturated heterocycles. The van der Waals surface area contributed by atoms with Crippen LogP contribution in [0.1, 0.15) is 11.1 Å². The topological polar surface area (TPSA) is 65.4 Å². The number of nitrogens with one attached hydrogen (secondary N) is 1. The van der Waals surface area contributed by atoms with Gasteiger partial charge in [-0.2, -0.15) is 5.26 Å². The van der Waals surface area contributed by atoms with Gasteiger partial charge in [0.05, 0.1) is 19.3 Å². The third kappa shape index (κ3) is 3.81. The van der Waals surface area contributed by atoms with E-state index in [0.29, 0.717) is 26.3 Å². The number of nitriles is 1. The third-order valence-electron chi connectivity index (χ3n) is 3.60. The Kier molecular flexibility index (Phi) is 5.47. The first kappa shape index (κ1) is 16.4. The lowest BCUT2D eigenvalue weighted by molar-refractivity contribution is -0.135. The lowest BCUT2D eigenvalue weighted by Crippen LogP contribution is -2.46. The lowest BCUT2D eigenvalue weighted by Gasteiger charge is -2.28. The first-order valence-corrected chi connectivity index (χ1v) is 7.58. The van der Waals surface area contributed by atoms with Gasteiger partial charge in [0.25, 0.3) is 0 Å². The number of nitrogens with zero attached hydrogens (tertiary/aromatic N) is 2. The van der Waals surface area contributed by atoms with E-state index in [1.165, 1.54) is 0 Å². The zero-order valence-electron chi connectivity index (χ0n) is 12.8. The van der Waals surface area contributed by atoms with Crippen LogP contribution in [0.4, 0.5) is 5.69 Å². The number of hydrogen-bond acceptors (Lipinski definition) is 4. The minimum Gasteiger partial charge on any atom is -0.378 e. The first-order chi connectivity index (χ1) is 10.5. The van der Waals surface area contributed by atoms with Gasteiger partial charge in [0.15, 0.2) is 5.92 Å². The Morgan fingerprint density at radius 1 is 1.41 bits per heavy atom. The fourth-order valence-electron chi connectivity index (χ4n) is 2.35. The number of anilines is 1. The molecule has 1 fully saturated rings. The molecular formula is C16H19N3O2S. The summed E-state index contributed by atoms with van der Waals surface area (Å²) in [4.78, 5) is 14.3. The van der Waals surface area contributed by atoms with Crippen molar-refractivity contribution >= 4 is 28.8 Å². The molecule has 1 atom stereocenters. The van der Waals surface area contributed by atoms with Crippen molar-refractivity contribution in [3.63, 3.8) is 0 Å². The number of carbonyl (C=O) groups is 1. The van der Waals surface area contributed by atoms with Crippen molar-refractivity contribution in [2.75, 3.05) is 31.6 Å². The molecule has 0 saturated carbocycles. The zero-order chi connectivity index (χ0) is 16.1. The van der Waals surface area contributed by atoms with Crippen LogP contribution in [0.3, 0.4) is 0 Å². The van der Waals surface area contributed by atoms with Crippen LogP contribution in [0.5, 0.6) is 0 Å². The van der Waals surface area contributed by atoms with Gasteiger partial charge < -0.3 is 15.0 Å². The minimum atomic E-state index is -0.964. The number of benzene rings is 1. The summed E-state index contributed by atoms with van der Waals surface area (Å²) >= 11 is 5.28. The van der Waals surface area contributed by atoms with Gasteiger partial charge in [-0.1, -0.05) is 29.9 Å². The van der Waals surface area contributed by atoms with Crippen LogP contribution < -0.4 is 5.32 Å². The van der Waals surface area contributed by atoms with E-state index in [2.05, 4.69) is 5.32 Å². The molecule has 1 heterocycles. The molecule has 1 aliphatic rings. The third-order valence-corrected chi connectivity index (χ3v) is 3.94. The fraction of sp³-hybridized carbons (Fsp3) is 0.438. The molecule has 1 aromatic carbocycles. The van der Waals surface area contributed by atoms with Crippen LogP contribution in [0.25, 0.3) is 0 Å². The summed E-state index contributed by atoms with van der Waals surface area (Å²) < 4.78 is 5.22. The SMILES string of the molecule is Cc1ccc(NC(=S)C(C#N)C(=O)N2CCOCC2)c(C)c1. The van der Waals surface area contributed by atoms with Crippen molar-refractivity contribution in [2.24, 2.45) is 5.92 Å². The zero-order valence-corrected chi connectivity index (χ0v) is 13.6. The smallest absolute Gasteiger partial charge is 0.247 e. The maximum Gasteiger partial charge on any atom is 0.247 e. The summed E-state index contributed by atoms with van der Waals surface area (Å²) in [5, 5.41) is 12.4. The quantitative estimate of drug-likeness (QED) is 0.864. The summed E-state index contributed by atoms with van der Waals surface area (Å²) in [5.41, 5.74) is 3.00. The monoisotopic (exact) mass is 317 g/mol. The molecule has 0 aromatic heterocycles. The van der Waals surface area contributed by atoms with Gasteiger partial charge in [0.1, 0.15) is 4.99 Å². The number of ether oxygens (including phenoxy) is 1. The summed E-state index contributed by atoms with van der Waals surface area (Å²) in [6, 6.07) is 7.91. The molecule has 2 rings (SSSR count). The van der Waals surface area contributed by atoms with Crippen molar-refractivity contribution in [3.05, 3.63) is 29.3 Å². The number of amides is 1. The molecule has 1 amide bonds. The molecular weight excluding hydrogens is 298 g/mol. The largest absolute Gasteiger partial charge is 0.378 e. The molecule has 1 unspecified atom stereocenters. The number of thiocarbonyl (C=S) groups is 1. The van der Waals surface area contributed by atoms with Gasteiger partial charge in [-0.05, 0) is 25.5 Å². The van der Waals surface area contributed by atoms with Crippen molar-refractivity contribution in [2.45, 2.75) is 13.8 Å².